The highest BCUT2D eigenvalue weighted by molar-refractivity contribution is 7.89. The van der Waals surface area contributed by atoms with Crippen molar-refractivity contribution in [3.05, 3.63) is 59.7 Å². The van der Waals surface area contributed by atoms with E-state index in [0.29, 0.717) is 24.5 Å². The summed E-state index contributed by atoms with van der Waals surface area (Å²) >= 11 is 1.45. The van der Waals surface area contributed by atoms with Crippen molar-refractivity contribution in [1.82, 2.24) is 14.3 Å². The van der Waals surface area contributed by atoms with Gasteiger partial charge < -0.3 is 5.32 Å². The molecule has 0 radical (unpaired) electrons. The molecule has 3 aromatic rings. The predicted molar refractivity (Wildman–Crippen MR) is 121 cm³/mol. The fourth-order valence-electron chi connectivity index (χ4n) is 3.51. The first-order valence-corrected chi connectivity index (χ1v) is 12.6. The van der Waals surface area contributed by atoms with E-state index in [1.54, 1.807) is 34.8 Å². The Balaban J connectivity index is 1.38. The Morgan fingerprint density at radius 1 is 1.03 bits per heavy atom. The van der Waals surface area contributed by atoms with Crippen molar-refractivity contribution < 1.29 is 13.2 Å². The van der Waals surface area contributed by atoms with Crippen molar-refractivity contribution >= 4 is 33.0 Å². The van der Waals surface area contributed by atoms with E-state index in [4.69, 9.17) is 0 Å². The van der Waals surface area contributed by atoms with Crippen LogP contribution in [0.5, 0.6) is 0 Å². The van der Waals surface area contributed by atoms with Crippen LogP contribution in [-0.2, 0) is 21.2 Å². The van der Waals surface area contributed by atoms with Crippen molar-refractivity contribution in [3.63, 3.8) is 0 Å². The lowest BCUT2D eigenvalue weighted by Gasteiger charge is -2.20. The number of anilines is 1. The third-order valence-electron chi connectivity index (χ3n) is 5.12. The molecule has 31 heavy (non-hydrogen) atoms. The first-order chi connectivity index (χ1) is 15.0. The van der Waals surface area contributed by atoms with E-state index in [2.05, 4.69) is 15.3 Å². The maximum Gasteiger partial charge on any atom is 0.243 e. The molecule has 3 heterocycles. The van der Waals surface area contributed by atoms with E-state index in [-0.39, 0.29) is 17.2 Å². The molecule has 7 nitrogen and oxygen atoms in total. The number of rotatable bonds is 6. The van der Waals surface area contributed by atoms with Crippen molar-refractivity contribution in [3.8, 4) is 10.7 Å². The Hall–Kier alpha value is -2.62. The molecular weight excluding hydrogens is 432 g/mol. The molecule has 0 atom stereocenters. The number of carbonyl (C=O) groups is 1. The zero-order chi connectivity index (χ0) is 21.7. The van der Waals surface area contributed by atoms with E-state index in [9.17, 15) is 13.2 Å². The monoisotopic (exact) mass is 456 g/mol. The Bertz CT molecular complexity index is 1120. The van der Waals surface area contributed by atoms with Gasteiger partial charge in [-0.2, -0.15) is 4.31 Å². The van der Waals surface area contributed by atoms with Crippen LogP contribution in [0.15, 0.2) is 58.9 Å². The van der Waals surface area contributed by atoms with Crippen LogP contribution in [0.4, 0.5) is 5.69 Å². The molecule has 2 aromatic heterocycles. The van der Waals surface area contributed by atoms with Crippen LogP contribution in [0.3, 0.4) is 0 Å². The molecule has 1 fully saturated rings. The Morgan fingerprint density at radius 3 is 2.45 bits per heavy atom. The van der Waals surface area contributed by atoms with Crippen molar-refractivity contribution in [2.45, 2.75) is 37.0 Å². The molecule has 0 spiro atoms. The Morgan fingerprint density at radius 2 is 1.77 bits per heavy atom. The number of hydrogen-bond donors (Lipinski definition) is 1. The molecule has 4 rings (SSSR count). The summed E-state index contributed by atoms with van der Waals surface area (Å²) in [5.41, 5.74) is 2.00. The summed E-state index contributed by atoms with van der Waals surface area (Å²) in [7, 11) is -3.50. The molecule has 1 aliphatic rings. The number of sulfonamides is 1. The zero-order valence-corrected chi connectivity index (χ0v) is 18.7. The summed E-state index contributed by atoms with van der Waals surface area (Å²) < 4.78 is 27.3. The van der Waals surface area contributed by atoms with Crippen LogP contribution in [0.2, 0.25) is 0 Å². The van der Waals surface area contributed by atoms with Crippen LogP contribution in [0.1, 0.15) is 31.4 Å². The summed E-state index contributed by atoms with van der Waals surface area (Å²) in [4.78, 5) is 21.4. The number of nitrogens with zero attached hydrogens (tertiary/aromatic N) is 3. The largest absolute Gasteiger partial charge is 0.326 e. The van der Waals surface area contributed by atoms with Gasteiger partial charge in [-0.1, -0.05) is 18.9 Å². The van der Waals surface area contributed by atoms with Crippen LogP contribution in [-0.4, -0.2) is 41.7 Å². The minimum atomic E-state index is -3.50. The van der Waals surface area contributed by atoms with Gasteiger partial charge in [0.15, 0.2) is 0 Å². The average molecular weight is 457 g/mol. The van der Waals surface area contributed by atoms with Crippen LogP contribution < -0.4 is 5.32 Å². The molecule has 162 valence electrons. The third-order valence-corrected chi connectivity index (χ3v) is 7.94. The summed E-state index contributed by atoms with van der Waals surface area (Å²) in [6.07, 6.45) is 5.77. The van der Waals surface area contributed by atoms with Gasteiger partial charge in [0.05, 0.1) is 22.7 Å². The summed E-state index contributed by atoms with van der Waals surface area (Å²) in [6.45, 7) is 1.13. The van der Waals surface area contributed by atoms with Gasteiger partial charge in [-0.3, -0.25) is 9.78 Å². The topological polar surface area (TPSA) is 92.3 Å². The zero-order valence-electron chi connectivity index (χ0n) is 17.0. The van der Waals surface area contributed by atoms with E-state index >= 15 is 0 Å². The molecule has 1 aliphatic heterocycles. The highest BCUT2D eigenvalue weighted by Gasteiger charge is 2.25. The smallest absolute Gasteiger partial charge is 0.243 e. The Labute approximate surface area is 186 Å². The van der Waals surface area contributed by atoms with E-state index < -0.39 is 10.0 Å². The lowest BCUT2D eigenvalue weighted by atomic mass is 10.2. The van der Waals surface area contributed by atoms with Gasteiger partial charge in [-0.05, 0) is 49.2 Å². The average Bonchev–Trinajstić information content (AvgIpc) is 3.05. The van der Waals surface area contributed by atoms with Gasteiger partial charge in [0.2, 0.25) is 15.9 Å². The fourth-order valence-corrected chi connectivity index (χ4v) is 5.82. The van der Waals surface area contributed by atoms with Crippen LogP contribution >= 0.6 is 11.3 Å². The molecule has 0 saturated carbocycles. The first-order valence-electron chi connectivity index (χ1n) is 10.3. The lowest BCUT2D eigenvalue weighted by molar-refractivity contribution is -0.115. The molecule has 1 aromatic carbocycles. The summed E-state index contributed by atoms with van der Waals surface area (Å²) in [6, 6.07) is 12.0. The second-order valence-electron chi connectivity index (χ2n) is 7.43. The number of thiazole rings is 1. The number of benzene rings is 1. The number of carbonyl (C=O) groups excluding carboxylic acids is 1. The SMILES string of the molecule is O=C(Cc1csc(-c2ccccn2)n1)Nc1ccc(S(=O)(=O)N2CCCCCC2)cc1. The van der Waals surface area contributed by atoms with Crippen molar-refractivity contribution in [1.29, 1.82) is 0 Å². The normalized spacial score (nSPS) is 15.4. The first kappa shape index (κ1) is 21.6. The summed E-state index contributed by atoms with van der Waals surface area (Å²) in [5, 5.41) is 5.43. The molecule has 0 aliphatic carbocycles. The van der Waals surface area contributed by atoms with E-state index in [1.807, 2.05) is 23.6 Å². The van der Waals surface area contributed by atoms with Crippen LogP contribution in [0.25, 0.3) is 10.7 Å². The highest BCUT2D eigenvalue weighted by Crippen LogP contribution is 2.23. The third kappa shape index (κ3) is 5.36. The number of nitrogens with one attached hydrogen (secondary N) is 1. The van der Waals surface area contributed by atoms with Gasteiger partial charge in [0, 0.05) is 30.4 Å². The molecule has 0 unspecified atom stereocenters. The van der Waals surface area contributed by atoms with Gasteiger partial charge >= 0.3 is 0 Å². The second-order valence-corrected chi connectivity index (χ2v) is 10.2. The van der Waals surface area contributed by atoms with Gasteiger partial charge in [-0.25, -0.2) is 13.4 Å². The van der Waals surface area contributed by atoms with E-state index in [1.165, 1.54) is 11.3 Å². The van der Waals surface area contributed by atoms with Crippen molar-refractivity contribution in [2.75, 3.05) is 18.4 Å². The standard InChI is InChI=1S/C22H24N4O3S2/c27-21(15-18-16-30-22(25-18)20-7-3-4-12-23-20)24-17-8-10-19(11-9-17)31(28,29)26-13-5-1-2-6-14-26/h3-4,7-12,16H,1-2,5-6,13-15H2,(H,24,27). The second kappa shape index (κ2) is 9.67. The molecule has 9 heteroatoms. The van der Waals surface area contributed by atoms with Crippen molar-refractivity contribution in [2.24, 2.45) is 0 Å². The molecule has 1 saturated heterocycles. The maximum atomic E-state index is 12.9. The van der Waals surface area contributed by atoms with Gasteiger partial charge in [-0.15, -0.1) is 11.3 Å². The molecule has 1 amide bonds. The molecule has 1 N–H and O–H groups in total. The quantitative estimate of drug-likeness (QED) is 0.606. The Kier molecular flexibility index (Phi) is 6.74. The minimum Gasteiger partial charge on any atom is -0.326 e. The van der Waals surface area contributed by atoms with Gasteiger partial charge in [0.1, 0.15) is 5.01 Å². The number of amides is 1. The summed E-state index contributed by atoms with van der Waals surface area (Å²) in [5.74, 6) is -0.207. The van der Waals surface area contributed by atoms with E-state index in [0.717, 1.165) is 36.4 Å². The fraction of sp³-hybridized carbons (Fsp3) is 0.318. The molecule has 0 bridgehead atoms. The number of pyridine rings is 1. The predicted octanol–water partition coefficient (Wildman–Crippen LogP) is 3.95. The lowest BCUT2D eigenvalue weighted by Crippen LogP contribution is -2.31. The minimum absolute atomic E-state index is 0.136. The molecular formula is C22H24N4O3S2. The maximum absolute atomic E-state index is 12.9. The number of aromatic nitrogens is 2. The highest BCUT2D eigenvalue weighted by atomic mass is 32.2. The van der Waals surface area contributed by atoms with Crippen LogP contribution in [0, 0.1) is 0 Å². The van der Waals surface area contributed by atoms with Gasteiger partial charge in [0.25, 0.3) is 0 Å². The number of hydrogen-bond acceptors (Lipinski definition) is 6.